The molecule has 5 N–H and O–H groups in total. The molecule has 7 atom stereocenters. The Labute approximate surface area is 250 Å². The molecule has 4 aliphatic rings. The second-order valence-electron chi connectivity index (χ2n) is 13.1. The number of allylic oxidation sites excluding steroid dienone is 4. The van der Waals surface area contributed by atoms with Gasteiger partial charge in [-0.1, -0.05) is 31.6 Å². The summed E-state index contributed by atoms with van der Waals surface area (Å²) in [5.41, 5.74) is -1.34. The van der Waals surface area contributed by atoms with Gasteiger partial charge in [0.2, 0.25) is 11.7 Å². The standard InChI is InChI=1S/C33H41NO9/c1-31-12-9-21(35)16-20(31)4-5-22-23-10-13-33(42,32(23,2)17-26(38)30(22)31)27(39)18-43-29(41)8-7-28(40)34-14-11-19-3-6-24(36)25(37)15-19/h3,6,9,12,15-16,22-23,26,30,36-38,42H,4-5,7-8,10-11,13-14,17-18H2,1-2H3,(H,34,40)/t22-,23-,26-,30+,31-,32-,33-/m0/s1. The number of hydrogen-bond donors (Lipinski definition) is 5. The van der Waals surface area contributed by atoms with E-state index in [1.807, 2.05) is 13.0 Å². The fourth-order valence-corrected chi connectivity index (χ4v) is 8.50. The van der Waals surface area contributed by atoms with Gasteiger partial charge < -0.3 is 30.5 Å². The van der Waals surface area contributed by atoms with Gasteiger partial charge in [-0.05, 0) is 80.2 Å². The van der Waals surface area contributed by atoms with E-state index < -0.39 is 40.9 Å². The van der Waals surface area contributed by atoms with E-state index in [9.17, 15) is 39.6 Å². The second-order valence-corrected chi connectivity index (χ2v) is 13.1. The number of phenols is 2. The maximum absolute atomic E-state index is 13.4. The van der Waals surface area contributed by atoms with E-state index >= 15 is 0 Å². The molecular weight excluding hydrogens is 554 g/mol. The van der Waals surface area contributed by atoms with Crippen LogP contribution in [0.25, 0.3) is 0 Å². The van der Waals surface area contributed by atoms with Crippen LogP contribution in [0.1, 0.15) is 64.4 Å². The molecule has 0 radical (unpaired) electrons. The Morgan fingerprint density at radius 2 is 1.86 bits per heavy atom. The molecule has 4 aliphatic carbocycles. The van der Waals surface area contributed by atoms with Gasteiger partial charge in [-0.15, -0.1) is 0 Å². The minimum absolute atomic E-state index is 0.0100. The number of aromatic hydroxyl groups is 2. The van der Waals surface area contributed by atoms with E-state index in [2.05, 4.69) is 12.2 Å². The van der Waals surface area contributed by atoms with Crippen molar-refractivity contribution in [1.29, 1.82) is 0 Å². The highest BCUT2D eigenvalue weighted by Crippen LogP contribution is 2.67. The first-order chi connectivity index (χ1) is 20.3. The van der Waals surface area contributed by atoms with Crippen LogP contribution in [-0.4, -0.2) is 68.7 Å². The number of ether oxygens (including phenoxy) is 1. The number of aliphatic hydroxyl groups excluding tert-OH is 1. The molecule has 43 heavy (non-hydrogen) atoms. The van der Waals surface area contributed by atoms with E-state index in [-0.39, 0.29) is 73.2 Å². The molecule has 0 spiro atoms. The number of carbonyl (C=O) groups is 4. The first-order valence-electron chi connectivity index (χ1n) is 15.1. The number of rotatable bonds is 9. The quantitative estimate of drug-likeness (QED) is 0.213. The molecule has 0 saturated heterocycles. The minimum Gasteiger partial charge on any atom is -0.504 e. The van der Waals surface area contributed by atoms with Crippen molar-refractivity contribution in [2.24, 2.45) is 28.6 Å². The van der Waals surface area contributed by atoms with E-state index in [1.165, 1.54) is 12.1 Å². The van der Waals surface area contributed by atoms with Gasteiger partial charge in [0, 0.05) is 29.7 Å². The van der Waals surface area contributed by atoms with Crippen molar-refractivity contribution in [3.05, 3.63) is 47.6 Å². The monoisotopic (exact) mass is 595 g/mol. The molecule has 232 valence electrons. The molecule has 10 heteroatoms. The third-order valence-electron chi connectivity index (χ3n) is 10.8. The first kappa shape index (κ1) is 30.9. The van der Waals surface area contributed by atoms with Gasteiger partial charge in [-0.2, -0.15) is 0 Å². The average Bonchev–Trinajstić information content (AvgIpc) is 3.23. The van der Waals surface area contributed by atoms with Crippen molar-refractivity contribution in [2.45, 2.75) is 76.9 Å². The summed E-state index contributed by atoms with van der Waals surface area (Å²) in [6.07, 6.45) is 7.00. The molecule has 1 aromatic carbocycles. The van der Waals surface area contributed by atoms with Gasteiger partial charge in [-0.25, -0.2) is 0 Å². The van der Waals surface area contributed by atoms with E-state index in [0.717, 1.165) is 24.0 Å². The van der Waals surface area contributed by atoms with E-state index in [0.29, 0.717) is 12.8 Å². The number of benzene rings is 1. The number of phenolic OH excluding ortho intramolecular Hbond substituents is 2. The maximum Gasteiger partial charge on any atom is 0.306 e. The van der Waals surface area contributed by atoms with Gasteiger partial charge in [0.15, 0.2) is 23.9 Å². The summed E-state index contributed by atoms with van der Waals surface area (Å²) >= 11 is 0. The zero-order valence-electron chi connectivity index (χ0n) is 24.7. The van der Waals surface area contributed by atoms with Gasteiger partial charge >= 0.3 is 5.97 Å². The number of nitrogens with one attached hydrogen (secondary N) is 1. The second kappa shape index (κ2) is 11.5. The summed E-state index contributed by atoms with van der Waals surface area (Å²) in [4.78, 5) is 50.0. The number of amides is 1. The van der Waals surface area contributed by atoms with Crippen molar-refractivity contribution >= 4 is 23.4 Å². The number of ketones is 2. The zero-order valence-corrected chi connectivity index (χ0v) is 24.7. The van der Waals surface area contributed by atoms with Gasteiger partial charge in [0.25, 0.3) is 0 Å². The summed E-state index contributed by atoms with van der Waals surface area (Å²) in [7, 11) is 0. The van der Waals surface area contributed by atoms with E-state index in [4.69, 9.17) is 4.74 Å². The summed E-state index contributed by atoms with van der Waals surface area (Å²) in [6.45, 7) is 3.59. The SMILES string of the molecule is C[C@]12C=CC(=O)C=C1CC[C@@H]1[C@@H]2[C@@H](O)C[C@@]2(C)[C@H]1CC[C@]2(O)C(=O)COC(=O)CCC(=O)NCCc1ccc(O)c(O)c1. The van der Waals surface area contributed by atoms with Gasteiger partial charge in [0.1, 0.15) is 5.60 Å². The Morgan fingerprint density at radius 3 is 2.60 bits per heavy atom. The molecule has 3 fully saturated rings. The van der Waals surface area contributed by atoms with Crippen LogP contribution in [0.3, 0.4) is 0 Å². The lowest BCUT2D eigenvalue weighted by Gasteiger charge is -2.59. The van der Waals surface area contributed by atoms with Crippen molar-refractivity contribution in [3.8, 4) is 11.5 Å². The highest BCUT2D eigenvalue weighted by molar-refractivity contribution is 6.01. The summed E-state index contributed by atoms with van der Waals surface area (Å²) < 4.78 is 5.19. The van der Waals surface area contributed by atoms with Gasteiger partial charge in [0.05, 0.1) is 12.5 Å². The number of fused-ring (bicyclic) bond motifs is 5. The molecule has 5 rings (SSSR count). The topological polar surface area (TPSA) is 170 Å². The Hall–Kier alpha value is -3.50. The molecule has 0 bridgehead atoms. The molecule has 0 heterocycles. The number of hydrogen-bond acceptors (Lipinski definition) is 9. The molecule has 0 aliphatic heterocycles. The average molecular weight is 596 g/mol. The molecule has 1 aromatic rings. The number of aliphatic hydroxyl groups is 2. The van der Waals surface area contributed by atoms with E-state index in [1.54, 1.807) is 18.2 Å². The Morgan fingerprint density at radius 1 is 1.09 bits per heavy atom. The normalized spacial score (nSPS) is 34.4. The lowest BCUT2D eigenvalue weighted by atomic mass is 9.46. The Balaban J connectivity index is 1.13. The van der Waals surface area contributed by atoms with Crippen molar-refractivity contribution in [2.75, 3.05) is 13.2 Å². The molecule has 0 unspecified atom stereocenters. The Kier molecular flexibility index (Phi) is 8.30. The van der Waals surface area contributed by atoms with Crippen LogP contribution in [0.5, 0.6) is 11.5 Å². The highest BCUT2D eigenvalue weighted by Gasteiger charge is 2.68. The van der Waals surface area contributed by atoms with Gasteiger partial charge in [-0.3, -0.25) is 19.2 Å². The summed E-state index contributed by atoms with van der Waals surface area (Å²) in [5.74, 6) is -2.27. The summed E-state index contributed by atoms with van der Waals surface area (Å²) in [5, 5.41) is 44.9. The molecule has 0 aromatic heterocycles. The van der Waals surface area contributed by atoms with Crippen LogP contribution in [0.4, 0.5) is 0 Å². The predicted octanol–water partition coefficient (Wildman–Crippen LogP) is 2.66. The van der Waals surface area contributed by atoms with Crippen LogP contribution in [0.2, 0.25) is 0 Å². The fraction of sp³-hybridized carbons (Fsp3) is 0.576. The molecule has 1 amide bonds. The smallest absolute Gasteiger partial charge is 0.306 e. The van der Waals surface area contributed by atoms with Crippen LogP contribution >= 0.6 is 0 Å². The minimum atomic E-state index is -1.75. The van der Waals surface area contributed by atoms with Crippen LogP contribution in [-0.2, 0) is 30.3 Å². The third-order valence-corrected chi connectivity index (χ3v) is 10.8. The first-order valence-corrected chi connectivity index (χ1v) is 15.1. The maximum atomic E-state index is 13.4. The van der Waals surface area contributed by atoms with Crippen LogP contribution < -0.4 is 5.32 Å². The molecule has 3 saturated carbocycles. The summed E-state index contributed by atoms with van der Waals surface area (Å²) in [6, 6.07) is 4.40. The number of carbonyl (C=O) groups excluding carboxylic acids is 4. The number of Topliss-reactive ketones (excluding diaryl/α,β-unsaturated/α-hetero) is 1. The third kappa shape index (κ3) is 5.51. The molecular formula is C33H41NO9. The Bertz CT molecular complexity index is 1380. The largest absolute Gasteiger partial charge is 0.504 e. The number of esters is 1. The van der Waals surface area contributed by atoms with Crippen molar-refractivity contribution < 1.29 is 44.3 Å². The zero-order chi connectivity index (χ0) is 31.2. The van der Waals surface area contributed by atoms with Crippen molar-refractivity contribution in [3.63, 3.8) is 0 Å². The highest BCUT2D eigenvalue weighted by atomic mass is 16.5. The van der Waals surface area contributed by atoms with Crippen molar-refractivity contribution in [1.82, 2.24) is 5.32 Å². The fourth-order valence-electron chi connectivity index (χ4n) is 8.50. The lowest BCUT2D eigenvalue weighted by Crippen LogP contribution is -2.61. The predicted molar refractivity (Wildman–Crippen MR) is 155 cm³/mol. The van der Waals surface area contributed by atoms with Crippen LogP contribution in [0.15, 0.2) is 42.0 Å². The van der Waals surface area contributed by atoms with Crippen LogP contribution in [0, 0.1) is 28.6 Å². The molecule has 10 nitrogen and oxygen atoms in total. The lowest BCUT2D eigenvalue weighted by molar-refractivity contribution is -0.181.